The minimum Gasteiger partial charge on any atom is -0.419 e. The third-order valence-electron chi connectivity index (χ3n) is 3.09. The molecule has 5 heteroatoms. The van der Waals surface area contributed by atoms with E-state index in [9.17, 15) is 9.59 Å². The number of halogens is 1. The number of benzene rings is 1. The van der Waals surface area contributed by atoms with Crippen molar-refractivity contribution in [3.05, 3.63) is 39.4 Å². The first-order valence-electron chi connectivity index (χ1n) is 6.67. The number of ether oxygens (including phenoxy) is 2. The van der Waals surface area contributed by atoms with Crippen molar-refractivity contribution >= 4 is 33.9 Å². The second-order valence-electron chi connectivity index (χ2n) is 5.66. The molecule has 21 heavy (non-hydrogen) atoms. The molecule has 0 spiro atoms. The van der Waals surface area contributed by atoms with Crippen molar-refractivity contribution in [3.63, 3.8) is 0 Å². The second-order valence-corrected chi connectivity index (χ2v) is 6.58. The number of rotatable bonds is 2. The summed E-state index contributed by atoms with van der Waals surface area (Å²) in [4.78, 5) is 23.9. The number of hydrogen-bond acceptors (Lipinski definition) is 4. The van der Waals surface area contributed by atoms with Crippen molar-refractivity contribution in [2.75, 3.05) is 0 Å². The first-order chi connectivity index (χ1) is 9.69. The lowest BCUT2D eigenvalue weighted by molar-refractivity contribution is -0.222. The minimum absolute atomic E-state index is 0.0847. The van der Waals surface area contributed by atoms with E-state index in [2.05, 4.69) is 15.9 Å². The maximum Gasteiger partial charge on any atom is 0.348 e. The van der Waals surface area contributed by atoms with Crippen LogP contribution >= 0.6 is 15.9 Å². The summed E-state index contributed by atoms with van der Waals surface area (Å²) < 4.78 is 11.1. The summed E-state index contributed by atoms with van der Waals surface area (Å²) in [5.74, 6) is -2.28. The lowest BCUT2D eigenvalue weighted by Gasteiger charge is -2.29. The van der Waals surface area contributed by atoms with Crippen LogP contribution in [0, 0.1) is 0 Å². The van der Waals surface area contributed by atoms with Gasteiger partial charge in [-0.3, -0.25) is 0 Å². The van der Waals surface area contributed by atoms with Crippen LogP contribution in [0.3, 0.4) is 0 Å². The van der Waals surface area contributed by atoms with Crippen LogP contribution in [0.2, 0.25) is 0 Å². The molecule has 1 fully saturated rings. The van der Waals surface area contributed by atoms with Gasteiger partial charge < -0.3 is 9.47 Å². The van der Waals surface area contributed by atoms with E-state index in [4.69, 9.17) is 9.47 Å². The van der Waals surface area contributed by atoms with Crippen molar-refractivity contribution < 1.29 is 19.1 Å². The summed E-state index contributed by atoms with van der Waals surface area (Å²) in [5, 5.41) is 0. The maximum absolute atomic E-state index is 12.0. The molecule has 1 aliphatic heterocycles. The highest BCUT2D eigenvalue weighted by Gasteiger charge is 2.38. The van der Waals surface area contributed by atoms with Crippen LogP contribution in [0.1, 0.15) is 44.7 Å². The molecule has 2 rings (SSSR count). The van der Waals surface area contributed by atoms with E-state index >= 15 is 0 Å². The molecule has 0 bridgehead atoms. The summed E-state index contributed by atoms with van der Waals surface area (Å²) in [6.45, 7) is 7.15. The van der Waals surface area contributed by atoms with Crippen molar-refractivity contribution in [2.45, 2.75) is 39.4 Å². The molecular formula is C16H17BrO4. The number of carbonyl (C=O) groups is 2. The highest BCUT2D eigenvalue weighted by Crippen LogP contribution is 2.28. The van der Waals surface area contributed by atoms with Crippen LogP contribution in [0.5, 0.6) is 0 Å². The molecule has 0 amide bonds. The zero-order valence-corrected chi connectivity index (χ0v) is 14.0. The van der Waals surface area contributed by atoms with Gasteiger partial charge >= 0.3 is 11.9 Å². The molecule has 0 unspecified atom stereocenters. The van der Waals surface area contributed by atoms with Crippen molar-refractivity contribution in [1.82, 2.24) is 0 Å². The zero-order chi connectivity index (χ0) is 15.8. The van der Waals surface area contributed by atoms with Gasteiger partial charge in [-0.05, 0) is 35.3 Å². The van der Waals surface area contributed by atoms with Crippen LogP contribution in [0.15, 0.2) is 28.2 Å². The zero-order valence-electron chi connectivity index (χ0n) is 12.4. The molecule has 1 saturated heterocycles. The summed E-state index contributed by atoms with van der Waals surface area (Å²) in [5.41, 5.74) is 1.75. The van der Waals surface area contributed by atoms with Crippen LogP contribution < -0.4 is 0 Å². The standard InChI is InChI=1S/C16H17BrO4/c1-9(2)12-8-11(17)6-5-10(12)7-13-14(18)20-16(3,4)21-15(13)19/h5-9H,1-4H3. The van der Waals surface area contributed by atoms with Gasteiger partial charge in [0.1, 0.15) is 5.57 Å². The van der Waals surface area contributed by atoms with Gasteiger partial charge in [0, 0.05) is 18.3 Å². The molecule has 1 heterocycles. The molecule has 1 aliphatic rings. The van der Waals surface area contributed by atoms with Gasteiger partial charge in [0.25, 0.3) is 5.79 Å². The smallest absolute Gasteiger partial charge is 0.348 e. The average molecular weight is 353 g/mol. The second kappa shape index (κ2) is 5.64. The third-order valence-corrected chi connectivity index (χ3v) is 3.58. The first kappa shape index (κ1) is 15.8. The van der Waals surface area contributed by atoms with Crippen LogP contribution in [0.25, 0.3) is 6.08 Å². The summed E-state index contributed by atoms with van der Waals surface area (Å²) in [6, 6.07) is 5.69. The summed E-state index contributed by atoms with van der Waals surface area (Å²) in [6.07, 6.45) is 1.53. The monoisotopic (exact) mass is 352 g/mol. The molecule has 1 aromatic rings. The Morgan fingerprint density at radius 2 is 1.71 bits per heavy atom. The van der Waals surface area contributed by atoms with Crippen molar-refractivity contribution in [3.8, 4) is 0 Å². The van der Waals surface area contributed by atoms with Crippen LogP contribution in [0.4, 0.5) is 0 Å². The summed E-state index contributed by atoms with van der Waals surface area (Å²) in [7, 11) is 0. The van der Waals surface area contributed by atoms with Crippen LogP contribution in [-0.4, -0.2) is 17.7 Å². The number of cyclic esters (lactones) is 2. The van der Waals surface area contributed by atoms with Gasteiger partial charge in [-0.1, -0.05) is 35.8 Å². The SMILES string of the molecule is CC(C)c1cc(Br)ccc1C=C1C(=O)OC(C)(C)OC1=O. The van der Waals surface area contributed by atoms with Crippen LogP contribution in [-0.2, 0) is 19.1 Å². The Balaban J connectivity index is 2.45. The fraction of sp³-hybridized carbons (Fsp3) is 0.375. The Labute approximate surface area is 132 Å². The van der Waals surface area contributed by atoms with E-state index in [1.165, 1.54) is 19.9 Å². The number of carbonyl (C=O) groups excluding carboxylic acids is 2. The molecular weight excluding hydrogens is 336 g/mol. The predicted octanol–water partition coefficient (Wildman–Crippen LogP) is 3.79. The molecule has 0 saturated carbocycles. The van der Waals surface area contributed by atoms with Gasteiger partial charge in [-0.2, -0.15) is 0 Å². The van der Waals surface area contributed by atoms with Gasteiger partial charge in [0.05, 0.1) is 0 Å². The lowest BCUT2D eigenvalue weighted by Crippen LogP contribution is -2.41. The van der Waals surface area contributed by atoms with Gasteiger partial charge in [-0.15, -0.1) is 0 Å². The third kappa shape index (κ3) is 3.53. The van der Waals surface area contributed by atoms with Gasteiger partial charge in [-0.25, -0.2) is 9.59 Å². The molecule has 0 N–H and O–H groups in total. The average Bonchev–Trinajstić information content (AvgIpc) is 2.33. The Bertz CT molecular complexity index is 607. The van der Waals surface area contributed by atoms with Gasteiger partial charge in [0.15, 0.2) is 0 Å². The fourth-order valence-corrected chi connectivity index (χ4v) is 2.49. The topological polar surface area (TPSA) is 52.6 Å². The van der Waals surface area contributed by atoms with Crippen molar-refractivity contribution in [1.29, 1.82) is 0 Å². The highest BCUT2D eigenvalue weighted by atomic mass is 79.9. The Morgan fingerprint density at radius 3 is 2.24 bits per heavy atom. The predicted molar refractivity (Wildman–Crippen MR) is 82.5 cm³/mol. The van der Waals surface area contributed by atoms with Gasteiger partial charge in [0.2, 0.25) is 0 Å². The molecule has 0 aliphatic carbocycles. The van der Waals surface area contributed by atoms with E-state index in [0.29, 0.717) is 0 Å². The Morgan fingerprint density at radius 1 is 1.14 bits per heavy atom. The summed E-state index contributed by atoms with van der Waals surface area (Å²) >= 11 is 3.42. The molecule has 1 aromatic carbocycles. The lowest BCUT2D eigenvalue weighted by atomic mass is 9.95. The highest BCUT2D eigenvalue weighted by molar-refractivity contribution is 9.10. The van der Waals surface area contributed by atoms with E-state index in [-0.39, 0.29) is 11.5 Å². The number of esters is 2. The maximum atomic E-state index is 12.0. The van der Waals surface area contributed by atoms with E-state index < -0.39 is 17.7 Å². The molecule has 4 nitrogen and oxygen atoms in total. The molecule has 0 radical (unpaired) electrons. The fourth-order valence-electron chi connectivity index (χ4n) is 2.11. The minimum atomic E-state index is -1.22. The van der Waals surface area contributed by atoms with Crippen molar-refractivity contribution in [2.24, 2.45) is 0 Å². The largest absolute Gasteiger partial charge is 0.419 e. The first-order valence-corrected chi connectivity index (χ1v) is 7.47. The molecule has 0 aromatic heterocycles. The molecule has 0 atom stereocenters. The normalized spacial score (nSPS) is 17.5. The Hall–Kier alpha value is -1.62. The quantitative estimate of drug-likeness (QED) is 0.461. The van der Waals surface area contributed by atoms with E-state index in [1.807, 2.05) is 32.0 Å². The van der Waals surface area contributed by atoms with E-state index in [1.54, 1.807) is 0 Å². The Kier molecular flexibility index (Phi) is 4.23. The number of hydrogen-bond donors (Lipinski definition) is 0. The van der Waals surface area contributed by atoms with E-state index in [0.717, 1.165) is 15.6 Å². The molecule has 112 valence electrons.